The maximum absolute atomic E-state index is 11.7. The maximum Gasteiger partial charge on any atom is 0.325 e. The van der Waals surface area contributed by atoms with E-state index in [4.69, 9.17) is 5.11 Å². The molecule has 1 aromatic carbocycles. The van der Waals surface area contributed by atoms with Crippen LogP contribution in [0.2, 0.25) is 0 Å². The van der Waals surface area contributed by atoms with E-state index in [1.807, 2.05) is 0 Å². The molecule has 0 bridgehead atoms. The van der Waals surface area contributed by atoms with E-state index in [0.29, 0.717) is 4.47 Å². The molecule has 0 heterocycles. The second-order valence-corrected chi connectivity index (χ2v) is 4.31. The highest BCUT2D eigenvalue weighted by Gasteiger charge is 2.19. The molecule has 1 atom stereocenters. The molecular weight excluding hydrogens is 308 g/mol. The van der Waals surface area contributed by atoms with Crippen LogP contribution in [0.25, 0.3) is 0 Å². The second kappa shape index (κ2) is 5.58. The molecule has 0 aliphatic rings. The fraction of sp³-hybridized carbons (Fsp3) is 0.200. The van der Waals surface area contributed by atoms with Crippen molar-refractivity contribution in [3.63, 3.8) is 0 Å². The average molecular weight is 317 g/mol. The third-order valence-electron chi connectivity index (χ3n) is 2.12. The van der Waals surface area contributed by atoms with Gasteiger partial charge in [-0.3, -0.25) is 19.7 Å². The van der Waals surface area contributed by atoms with E-state index in [9.17, 15) is 19.7 Å². The third kappa shape index (κ3) is 3.27. The van der Waals surface area contributed by atoms with Gasteiger partial charge in [-0.25, -0.2) is 0 Å². The molecule has 2 N–H and O–H groups in total. The SMILES string of the molecule is C[C@@H](NC(=O)c1cc([N+](=O)[O-])ccc1Br)C(=O)O. The van der Waals surface area contributed by atoms with Gasteiger partial charge >= 0.3 is 5.97 Å². The van der Waals surface area contributed by atoms with Crippen LogP contribution in [0.3, 0.4) is 0 Å². The van der Waals surface area contributed by atoms with E-state index in [0.717, 1.165) is 6.07 Å². The number of nitrogens with one attached hydrogen (secondary N) is 1. The Hall–Kier alpha value is -1.96. The van der Waals surface area contributed by atoms with Gasteiger partial charge < -0.3 is 10.4 Å². The summed E-state index contributed by atoms with van der Waals surface area (Å²) >= 11 is 3.08. The highest BCUT2D eigenvalue weighted by Crippen LogP contribution is 2.22. The summed E-state index contributed by atoms with van der Waals surface area (Å²) in [6.07, 6.45) is 0. The molecule has 0 aliphatic heterocycles. The molecule has 0 saturated carbocycles. The highest BCUT2D eigenvalue weighted by atomic mass is 79.9. The molecule has 0 spiro atoms. The summed E-state index contributed by atoms with van der Waals surface area (Å²) in [5.74, 6) is -1.88. The summed E-state index contributed by atoms with van der Waals surface area (Å²) < 4.78 is 0.350. The van der Waals surface area contributed by atoms with Crippen molar-refractivity contribution in [2.24, 2.45) is 0 Å². The van der Waals surface area contributed by atoms with Gasteiger partial charge in [0.05, 0.1) is 10.5 Å². The molecule has 18 heavy (non-hydrogen) atoms. The first-order chi connectivity index (χ1) is 8.32. The van der Waals surface area contributed by atoms with Crippen LogP contribution in [0.15, 0.2) is 22.7 Å². The first-order valence-electron chi connectivity index (χ1n) is 4.80. The van der Waals surface area contributed by atoms with E-state index in [-0.39, 0.29) is 11.3 Å². The van der Waals surface area contributed by atoms with Gasteiger partial charge in [0.15, 0.2) is 0 Å². The summed E-state index contributed by atoms with van der Waals surface area (Å²) in [6, 6.07) is 2.59. The van der Waals surface area contributed by atoms with Crippen molar-refractivity contribution < 1.29 is 19.6 Å². The number of nitrogens with zero attached hydrogens (tertiary/aromatic N) is 1. The lowest BCUT2D eigenvalue weighted by Crippen LogP contribution is -2.38. The zero-order valence-corrected chi connectivity index (χ0v) is 10.8. The Balaban J connectivity index is 3.01. The molecule has 1 amide bonds. The van der Waals surface area contributed by atoms with Crippen LogP contribution in [0.1, 0.15) is 17.3 Å². The number of nitro benzene ring substituents is 1. The molecule has 0 aliphatic carbocycles. The van der Waals surface area contributed by atoms with Crippen LogP contribution in [0.4, 0.5) is 5.69 Å². The molecule has 0 fully saturated rings. The van der Waals surface area contributed by atoms with Gasteiger partial charge in [0.1, 0.15) is 6.04 Å². The maximum atomic E-state index is 11.7. The molecule has 8 heteroatoms. The summed E-state index contributed by atoms with van der Waals surface area (Å²) in [5.41, 5.74) is -0.233. The predicted octanol–water partition coefficient (Wildman–Crippen LogP) is 1.56. The van der Waals surface area contributed by atoms with Gasteiger partial charge in [-0.05, 0) is 28.9 Å². The number of carbonyl (C=O) groups excluding carboxylic acids is 1. The molecule has 0 radical (unpaired) electrons. The number of aliphatic carboxylic acids is 1. The Bertz CT molecular complexity index is 517. The zero-order valence-electron chi connectivity index (χ0n) is 9.21. The fourth-order valence-corrected chi connectivity index (χ4v) is 1.56. The lowest BCUT2D eigenvalue weighted by molar-refractivity contribution is -0.384. The minimum atomic E-state index is -1.19. The number of hydrogen-bond donors (Lipinski definition) is 2. The Labute approximate surface area is 110 Å². The van der Waals surface area contributed by atoms with E-state index in [1.54, 1.807) is 0 Å². The van der Waals surface area contributed by atoms with Crippen molar-refractivity contribution in [2.75, 3.05) is 0 Å². The summed E-state index contributed by atoms with van der Waals surface area (Å²) in [6.45, 7) is 1.30. The van der Waals surface area contributed by atoms with E-state index in [2.05, 4.69) is 21.2 Å². The minimum absolute atomic E-state index is 0.0114. The molecular formula is C10H9BrN2O5. The van der Waals surface area contributed by atoms with Gasteiger partial charge in [0.2, 0.25) is 0 Å². The number of halogens is 1. The van der Waals surface area contributed by atoms with Crippen molar-refractivity contribution in [1.29, 1.82) is 0 Å². The van der Waals surface area contributed by atoms with Crippen molar-refractivity contribution in [3.05, 3.63) is 38.3 Å². The first-order valence-corrected chi connectivity index (χ1v) is 5.60. The topological polar surface area (TPSA) is 110 Å². The molecule has 0 aromatic heterocycles. The van der Waals surface area contributed by atoms with Crippen LogP contribution < -0.4 is 5.32 Å². The van der Waals surface area contributed by atoms with E-state index >= 15 is 0 Å². The van der Waals surface area contributed by atoms with Crippen LogP contribution >= 0.6 is 15.9 Å². The second-order valence-electron chi connectivity index (χ2n) is 3.45. The minimum Gasteiger partial charge on any atom is -0.480 e. The lowest BCUT2D eigenvalue weighted by Gasteiger charge is -2.10. The molecule has 0 unspecified atom stereocenters. The number of carboxylic acids is 1. The van der Waals surface area contributed by atoms with Gasteiger partial charge in [0, 0.05) is 16.6 Å². The van der Waals surface area contributed by atoms with Crippen LogP contribution in [0.5, 0.6) is 0 Å². The normalized spacial score (nSPS) is 11.7. The largest absolute Gasteiger partial charge is 0.480 e. The molecule has 0 saturated heterocycles. The number of hydrogen-bond acceptors (Lipinski definition) is 4. The number of non-ortho nitro benzene ring substituents is 1. The summed E-state index contributed by atoms with van der Waals surface area (Å²) in [5, 5.41) is 21.4. The number of nitro groups is 1. The van der Waals surface area contributed by atoms with E-state index in [1.165, 1.54) is 19.1 Å². The molecule has 1 aromatic rings. The Morgan fingerprint density at radius 2 is 2.11 bits per heavy atom. The number of rotatable bonds is 4. The van der Waals surface area contributed by atoms with Gasteiger partial charge in [-0.1, -0.05) is 0 Å². The Morgan fingerprint density at radius 3 is 2.61 bits per heavy atom. The third-order valence-corrected chi connectivity index (χ3v) is 2.81. The van der Waals surface area contributed by atoms with Gasteiger partial charge in [-0.2, -0.15) is 0 Å². The van der Waals surface area contributed by atoms with Crippen molar-refractivity contribution >= 4 is 33.5 Å². The number of carboxylic acid groups (broad SMARTS) is 1. The summed E-state index contributed by atoms with van der Waals surface area (Å²) in [7, 11) is 0. The van der Waals surface area contributed by atoms with Crippen molar-refractivity contribution in [2.45, 2.75) is 13.0 Å². The molecule has 1 rings (SSSR count). The zero-order chi connectivity index (χ0) is 13.9. The monoisotopic (exact) mass is 316 g/mol. The fourth-order valence-electron chi connectivity index (χ4n) is 1.14. The highest BCUT2D eigenvalue weighted by molar-refractivity contribution is 9.10. The summed E-state index contributed by atoms with van der Waals surface area (Å²) in [4.78, 5) is 32.3. The van der Waals surface area contributed by atoms with Crippen LogP contribution in [-0.2, 0) is 4.79 Å². The standard InChI is InChI=1S/C10H9BrN2O5/c1-5(10(15)16)12-9(14)7-4-6(13(17)18)2-3-8(7)11/h2-5H,1H3,(H,12,14)(H,15,16)/t5-/m1/s1. The Morgan fingerprint density at radius 1 is 1.50 bits per heavy atom. The van der Waals surface area contributed by atoms with Crippen molar-refractivity contribution in [1.82, 2.24) is 5.32 Å². The quantitative estimate of drug-likeness (QED) is 0.647. The van der Waals surface area contributed by atoms with Crippen LogP contribution in [0, 0.1) is 10.1 Å². The number of carbonyl (C=O) groups is 2. The van der Waals surface area contributed by atoms with Crippen LogP contribution in [-0.4, -0.2) is 27.9 Å². The predicted molar refractivity (Wildman–Crippen MR) is 65.4 cm³/mol. The van der Waals surface area contributed by atoms with Crippen molar-refractivity contribution in [3.8, 4) is 0 Å². The smallest absolute Gasteiger partial charge is 0.325 e. The molecule has 7 nitrogen and oxygen atoms in total. The lowest BCUT2D eigenvalue weighted by atomic mass is 10.2. The van der Waals surface area contributed by atoms with Gasteiger partial charge in [0.25, 0.3) is 11.6 Å². The molecule has 96 valence electrons. The number of amides is 1. The Kier molecular flexibility index (Phi) is 4.38. The average Bonchev–Trinajstić information content (AvgIpc) is 2.28. The first kappa shape index (κ1) is 14.1. The van der Waals surface area contributed by atoms with E-state index < -0.39 is 22.8 Å². The van der Waals surface area contributed by atoms with Gasteiger partial charge in [-0.15, -0.1) is 0 Å². The number of benzene rings is 1.